The number of pyridine rings is 1. The first kappa shape index (κ1) is 26.2. The van der Waals surface area contributed by atoms with Crippen LogP contribution in [0.15, 0.2) is 148 Å². The average Bonchev–Trinajstić information content (AvgIpc) is 3.47. The van der Waals surface area contributed by atoms with Crippen molar-refractivity contribution in [3.63, 3.8) is 0 Å². The van der Waals surface area contributed by atoms with Crippen LogP contribution in [0.25, 0.3) is 38.6 Å². The summed E-state index contributed by atoms with van der Waals surface area (Å²) in [5.41, 5.74) is 15.2. The molecular weight excluding hydrogens is 530 g/mol. The van der Waals surface area contributed by atoms with Crippen molar-refractivity contribution < 1.29 is 4.42 Å². The number of fused-ring (bicyclic) bond motifs is 3. The maximum atomic E-state index is 6.56. The molecule has 0 saturated carbocycles. The second-order valence-electron chi connectivity index (χ2n) is 10.3. The van der Waals surface area contributed by atoms with Crippen LogP contribution >= 0.6 is 0 Å². The third kappa shape index (κ3) is 5.34. The molecule has 6 aromatic rings. The smallest absolute Gasteiger partial charge is 0.157 e. The molecule has 4 aromatic carbocycles. The molecule has 0 atom stereocenters. The van der Waals surface area contributed by atoms with Crippen LogP contribution in [0.4, 0.5) is 0 Å². The lowest BCUT2D eigenvalue weighted by Crippen LogP contribution is -2.16. The van der Waals surface area contributed by atoms with Gasteiger partial charge in [-0.25, -0.2) is 4.99 Å². The van der Waals surface area contributed by atoms with Gasteiger partial charge in [-0.3, -0.25) is 9.98 Å². The van der Waals surface area contributed by atoms with Gasteiger partial charge in [-0.05, 0) is 53.2 Å². The second-order valence-corrected chi connectivity index (χ2v) is 10.3. The van der Waals surface area contributed by atoms with Crippen LogP contribution in [0.5, 0.6) is 0 Å². The van der Waals surface area contributed by atoms with Gasteiger partial charge in [0.1, 0.15) is 17.0 Å². The third-order valence-corrected chi connectivity index (χ3v) is 7.56. The zero-order chi connectivity index (χ0) is 29.0. The van der Waals surface area contributed by atoms with Gasteiger partial charge >= 0.3 is 0 Å². The summed E-state index contributed by atoms with van der Waals surface area (Å²) in [4.78, 5) is 14.2. The summed E-state index contributed by atoms with van der Waals surface area (Å²) in [5, 5.41) is 5.42. The molecule has 208 valence electrons. The summed E-state index contributed by atoms with van der Waals surface area (Å²) < 4.78 is 6.56. The molecule has 0 fully saturated rings. The molecule has 0 amide bonds. The van der Waals surface area contributed by atoms with Crippen molar-refractivity contribution in [1.82, 2.24) is 10.3 Å². The summed E-state index contributed by atoms with van der Waals surface area (Å²) in [7, 11) is 0. The third-order valence-electron chi connectivity index (χ3n) is 7.56. The molecule has 43 heavy (non-hydrogen) atoms. The number of dihydropyridines is 1. The Kier molecular flexibility index (Phi) is 7.07. The van der Waals surface area contributed by atoms with Crippen molar-refractivity contribution in [2.24, 2.45) is 15.7 Å². The summed E-state index contributed by atoms with van der Waals surface area (Å²) in [6.45, 7) is 1.16. The molecule has 6 nitrogen and oxygen atoms in total. The number of nitrogens with zero attached hydrogens (tertiary/aromatic N) is 3. The fraction of sp³-hybridized carbons (Fsp3) is 0.0541. The van der Waals surface area contributed by atoms with E-state index in [9.17, 15) is 0 Å². The standard InChI is InChI=1S/C37H29N5O/c38-36(25-10-3-1-4-11-25)42-37(26-12-5-2-6-13-26)41-24-29-14-7-17-33-34(29)32-21-30(27-15-8-18-39-22-27)20-31(35(32)43-33)28-16-9-19-40-23-28/h1-21,23,39H,22,24H2,(H2,38,41,42). The molecular formula is C37H29N5O. The number of allylic oxidation sites excluding steroid dienone is 2. The molecule has 3 heterocycles. The van der Waals surface area contributed by atoms with Gasteiger partial charge in [-0.15, -0.1) is 0 Å². The molecule has 0 spiro atoms. The number of rotatable bonds is 6. The quantitative estimate of drug-likeness (QED) is 0.163. The Morgan fingerprint density at radius 2 is 1.67 bits per heavy atom. The minimum Gasteiger partial charge on any atom is -0.455 e. The van der Waals surface area contributed by atoms with E-state index in [-0.39, 0.29) is 0 Å². The average molecular weight is 560 g/mol. The van der Waals surface area contributed by atoms with Gasteiger partial charge in [0.05, 0.1) is 6.54 Å². The topological polar surface area (TPSA) is 88.8 Å². The van der Waals surface area contributed by atoms with E-state index in [1.54, 1.807) is 6.20 Å². The highest BCUT2D eigenvalue weighted by atomic mass is 16.3. The number of benzene rings is 4. The molecule has 0 radical (unpaired) electrons. The van der Waals surface area contributed by atoms with E-state index in [0.717, 1.165) is 61.9 Å². The molecule has 2 aromatic heterocycles. The van der Waals surface area contributed by atoms with Gasteiger partial charge in [0, 0.05) is 52.0 Å². The van der Waals surface area contributed by atoms with Crippen LogP contribution in [-0.2, 0) is 6.54 Å². The van der Waals surface area contributed by atoms with E-state index >= 15 is 0 Å². The minimum absolute atomic E-state index is 0.404. The maximum Gasteiger partial charge on any atom is 0.157 e. The SMILES string of the molecule is NC(=NC(=NCc1cccc2oc3c(-c4cccnc4)cc(C4=CC=CNC4)cc3c12)c1ccccc1)c1ccccc1. The maximum absolute atomic E-state index is 6.56. The van der Waals surface area contributed by atoms with Crippen LogP contribution < -0.4 is 11.1 Å². The van der Waals surface area contributed by atoms with E-state index in [2.05, 4.69) is 40.6 Å². The Balaban J connectivity index is 1.39. The number of nitrogens with one attached hydrogen (secondary N) is 1. The second kappa shape index (κ2) is 11.6. The molecule has 1 aliphatic heterocycles. The van der Waals surface area contributed by atoms with Crippen molar-refractivity contribution >= 4 is 39.2 Å². The van der Waals surface area contributed by atoms with Crippen molar-refractivity contribution in [1.29, 1.82) is 0 Å². The first-order chi connectivity index (χ1) is 21.2. The minimum atomic E-state index is 0.404. The summed E-state index contributed by atoms with van der Waals surface area (Å²) >= 11 is 0. The van der Waals surface area contributed by atoms with Crippen LogP contribution in [0.2, 0.25) is 0 Å². The van der Waals surface area contributed by atoms with E-state index < -0.39 is 0 Å². The Labute approximate surface area is 249 Å². The van der Waals surface area contributed by atoms with Crippen LogP contribution in [0.1, 0.15) is 22.3 Å². The Morgan fingerprint density at radius 3 is 2.42 bits per heavy atom. The molecule has 7 rings (SSSR count). The van der Waals surface area contributed by atoms with E-state index in [0.29, 0.717) is 18.2 Å². The van der Waals surface area contributed by atoms with Crippen LogP contribution in [-0.4, -0.2) is 23.2 Å². The zero-order valence-corrected chi connectivity index (χ0v) is 23.4. The van der Waals surface area contributed by atoms with E-state index in [1.807, 2.05) is 97.3 Å². The predicted octanol–water partition coefficient (Wildman–Crippen LogP) is 7.50. The lowest BCUT2D eigenvalue weighted by molar-refractivity contribution is 0.669. The molecule has 0 unspecified atom stereocenters. The van der Waals surface area contributed by atoms with Crippen LogP contribution in [0, 0.1) is 0 Å². The van der Waals surface area contributed by atoms with Gasteiger partial charge < -0.3 is 15.5 Å². The van der Waals surface area contributed by atoms with Gasteiger partial charge in [0.2, 0.25) is 0 Å². The van der Waals surface area contributed by atoms with Crippen molar-refractivity contribution in [3.8, 4) is 11.1 Å². The summed E-state index contributed by atoms with van der Waals surface area (Å²) in [6.07, 6.45) is 9.82. The Bertz CT molecular complexity index is 2040. The normalized spacial score (nSPS) is 13.7. The number of aliphatic imine (C=N–C) groups is 2. The Hall–Kier alpha value is -5.75. The highest BCUT2D eigenvalue weighted by Gasteiger charge is 2.18. The lowest BCUT2D eigenvalue weighted by Gasteiger charge is -2.13. The zero-order valence-electron chi connectivity index (χ0n) is 23.4. The molecule has 0 aliphatic carbocycles. The van der Waals surface area contributed by atoms with Crippen LogP contribution in [0.3, 0.4) is 0 Å². The molecule has 0 bridgehead atoms. The summed E-state index contributed by atoms with van der Waals surface area (Å²) in [6, 6.07) is 34.3. The van der Waals surface area contributed by atoms with E-state index in [4.69, 9.17) is 20.1 Å². The summed E-state index contributed by atoms with van der Waals surface area (Å²) in [5.74, 6) is 0.998. The van der Waals surface area contributed by atoms with Gasteiger partial charge in [-0.2, -0.15) is 0 Å². The molecule has 3 N–H and O–H groups in total. The number of hydrogen-bond acceptors (Lipinski definition) is 4. The predicted molar refractivity (Wildman–Crippen MR) is 176 cm³/mol. The van der Waals surface area contributed by atoms with Gasteiger partial charge in [0.25, 0.3) is 0 Å². The fourth-order valence-corrected chi connectivity index (χ4v) is 5.44. The number of aromatic nitrogens is 1. The monoisotopic (exact) mass is 559 g/mol. The lowest BCUT2D eigenvalue weighted by atomic mass is 9.94. The molecule has 1 aliphatic rings. The fourth-order valence-electron chi connectivity index (χ4n) is 5.44. The van der Waals surface area contributed by atoms with Gasteiger partial charge in [0.15, 0.2) is 5.84 Å². The highest BCUT2D eigenvalue weighted by Crippen LogP contribution is 2.40. The number of amidine groups is 2. The van der Waals surface area contributed by atoms with Crippen molar-refractivity contribution in [3.05, 3.63) is 156 Å². The van der Waals surface area contributed by atoms with Gasteiger partial charge in [-0.1, -0.05) is 84.9 Å². The van der Waals surface area contributed by atoms with Crippen molar-refractivity contribution in [2.75, 3.05) is 6.54 Å². The molecule has 0 saturated heterocycles. The number of nitrogens with two attached hydrogens (primary N) is 1. The largest absolute Gasteiger partial charge is 0.455 e. The van der Waals surface area contributed by atoms with Crippen molar-refractivity contribution in [2.45, 2.75) is 6.54 Å². The number of furan rings is 1. The first-order valence-electron chi connectivity index (χ1n) is 14.2. The highest BCUT2D eigenvalue weighted by molar-refractivity contribution is 6.13. The molecule has 6 heteroatoms. The van der Waals surface area contributed by atoms with E-state index in [1.165, 1.54) is 5.57 Å². The Morgan fingerprint density at radius 1 is 0.860 bits per heavy atom. The first-order valence-corrected chi connectivity index (χ1v) is 14.2. The number of hydrogen-bond donors (Lipinski definition) is 2.